The zero-order valence-corrected chi connectivity index (χ0v) is 10.9. The maximum Gasteiger partial charge on any atom is 0.100 e. The van der Waals surface area contributed by atoms with Crippen molar-refractivity contribution in [2.75, 3.05) is 0 Å². The van der Waals surface area contributed by atoms with Gasteiger partial charge in [0.1, 0.15) is 5.52 Å². The van der Waals surface area contributed by atoms with Gasteiger partial charge in [0.2, 0.25) is 0 Å². The molecule has 0 bridgehead atoms. The van der Waals surface area contributed by atoms with Crippen LogP contribution in [0.15, 0.2) is 42.7 Å². The molecule has 1 aliphatic rings. The van der Waals surface area contributed by atoms with Gasteiger partial charge in [-0.1, -0.05) is 30.3 Å². The van der Waals surface area contributed by atoms with Gasteiger partial charge in [-0.05, 0) is 24.8 Å². The number of aromatic amines is 1. The third kappa shape index (κ3) is 1.29. The first-order chi connectivity index (χ1) is 9.92. The summed E-state index contributed by atoms with van der Waals surface area (Å²) in [7, 11) is 0. The maximum atomic E-state index is 4.79. The highest BCUT2D eigenvalue weighted by Crippen LogP contribution is 2.42. The largest absolute Gasteiger partial charge is 0.349 e. The van der Waals surface area contributed by atoms with Crippen molar-refractivity contribution in [2.45, 2.75) is 18.8 Å². The molecule has 0 radical (unpaired) electrons. The molecule has 3 heteroatoms. The minimum atomic E-state index is 0.683. The van der Waals surface area contributed by atoms with E-state index in [9.17, 15) is 0 Å². The van der Waals surface area contributed by atoms with Crippen molar-refractivity contribution in [1.82, 2.24) is 15.0 Å². The normalized spacial score (nSPS) is 15.4. The van der Waals surface area contributed by atoms with E-state index >= 15 is 0 Å². The number of hydrogen-bond donors (Lipinski definition) is 1. The van der Waals surface area contributed by atoms with Crippen LogP contribution in [0.4, 0.5) is 0 Å². The number of aromatic nitrogens is 3. The number of H-pyrrole nitrogens is 1. The first-order valence-electron chi connectivity index (χ1n) is 7.06. The number of nitrogens with zero attached hydrogens (tertiary/aromatic N) is 2. The van der Waals surface area contributed by atoms with Crippen LogP contribution in [-0.2, 0) is 0 Å². The average molecular weight is 259 g/mol. The second kappa shape index (κ2) is 3.57. The minimum absolute atomic E-state index is 0.683. The summed E-state index contributed by atoms with van der Waals surface area (Å²) in [6.07, 6.45) is 4.38. The number of hydrogen-bond acceptors (Lipinski definition) is 2. The molecule has 4 aromatic rings. The Morgan fingerprint density at radius 2 is 1.75 bits per heavy atom. The average Bonchev–Trinajstić information content (AvgIpc) is 3.26. The summed E-state index contributed by atoms with van der Waals surface area (Å²) in [4.78, 5) is 12.7. The van der Waals surface area contributed by atoms with Gasteiger partial charge in [0.05, 0.1) is 17.4 Å². The van der Waals surface area contributed by atoms with Gasteiger partial charge in [-0.15, -0.1) is 0 Å². The summed E-state index contributed by atoms with van der Waals surface area (Å²) in [6.45, 7) is 0. The molecule has 2 aromatic carbocycles. The van der Waals surface area contributed by atoms with Crippen LogP contribution in [0.25, 0.3) is 32.7 Å². The molecular weight excluding hydrogens is 246 g/mol. The van der Waals surface area contributed by atoms with Crippen LogP contribution in [0, 0.1) is 0 Å². The Labute approximate surface area is 115 Å². The molecular formula is C17H13N3. The number of nitrogens with one attached hydrogen (secondary N) is 1. The molecule has 1 fully saturated rings. The Hall–Kier alpha value is -2.42. The van der Waals surface area contributed by atoms with Crippen LogP contribution < -0.4 is 0 Å². The highest BCUT2D eigenvalue weighted by Gasteiger charge is 2.26. The number of benzene rings is 2. The molecule has 20 heavy (non-hydrogen) atoms. The fourth-order valence-electron chi connectivity index (χ4n) is 3.13. The van der Waals surface area contributed by atoms with Gasteiger partial charge < -0.3 is 4.98 Å². The van der Waals surface area contributed by atoms with E-state index in [0.29, 0.717) is 5.92 Å². The molecule has 2 aromatic heterocycles. The molecule has 0 saturated heterocycles. The van der Waals surface area contributed by atoms with Crippen molar-refractivity contribution in [3.63, 3.8) is 0 Å². The van der Waals surface area contributed by atoms with E-state index in [1.165, 1.54) is 34.7 Å². The van der Waals surface area contributed by atoms with Gasteiger partial charge in [0.25, 0.3) is 0 Å². The van der Waals surface area contributed by atoms with Crippen molar-refractivity contribution in [3.8, 4) is 0 Å². The third-order valence-corrected chi connectivity index (χ3v) is 4.27. The lowest BCUT2D eigenvalue weighted by atomic mass is 10.1. The van der Waals surface area contributed by atoms with E-state index in [1.807, 2.05) is 12.4 Å². The van der Waals surface area contributed by atoms with Crippen LogP contribution in [0.2, 0.25) is 0 Å². The highest BCUT2D eigenvalue weighted by molar-refractivity contribution is 6.16. The van der Waals surface area contributed by atoms with Crippen LogP contribution in [0.5, 0.6) is 0 Å². The molecule has 0 spiro atoms. The Morgan fingerprint density at radius 3 is 2.65 bits per heavy atom. The zero-order valence-electron chi connectivity index (χ0n) is 10.9. The van der Waals surface area contributed by atoms with Gasteiger partial charge in [0, 0.05) is 21.9 Å². The predicted octanol–water partition coefficient (Wildman–Crippen LogP) is 4.14. The maximum absolute atomic E-state index is 4.79. The molecule has 0 atom stereocenters. The van der Waals surface area contributed by atoms with Crippen molar-refractivity contribution in [3.05, 3.63) is 48.4 Å². The van der Waals surface area contributed by atoms with Crippen LogP contribution in [0.1, 0.15) is 24.5 Å². The van der Waals surface area contributed by atoms with Gasteiger partial charge in [0.15, 0.2) is 0 Å². The van der Waals surface area contributed by atoms with Crippen molar-refractivity contribution in [2.24, 2.45) is 0 Å². The molecule has 1 saturated carbocycles. The van der Waals surface area contributed by atoms with Gasteiger partial charge in [-0.25, -0.2) is 9.97 Å². The Kier molecular flexibility index (Phi) is 1.85. The molecule has 1 N–H and O–H groups in total. The van der Waals surface area contributed by atoms with E-state index < -0.39 is 0 Å². The lowest BCUT2D eigenvalue weighted by Crippen LogP contribution is -1.91. The van der Waals surface area contributed by atoms with Gasteiger partial charge in [-0.2, -0.15) is 0 Å². The van der Waals surface area contributed by atoms with E-state index in [0.717, 1.165) is 16.6 Å². The fourth-order valence-corrected chi connectivity index (χ4v) is 3.13. The molecule has 3 nitrogen and oxygen atoms in total. The minimum Gasteiger partial charge on any atom is -0.349 e. The summed E-state index contributed by atoms with van der Waals surface area (Å²) >= 11 is 0. The molecule has 0 unspecified atom stereocenters. The van der Waals surface area contributed by atoms with Gasteiger partial charge >= 0.3 is 0 Å². The van der Waals surface area contributed by atoms with Crippen molar-refractivity contribution >= 4 is 32.7 Å². The topological polar surface area (TPSA) is 41.6 Å². The molecule has 1 aliphatic carbocycles. The Balaban J connectivity index is 1.98. The fraction of sp³-hybridized carbons (Fsp3) is 0.176. The standard InChI is InChI=1S/C17H13N3/c1-2-4-14-11(3-1)12-7-8-13-15(10-5-6-10)18-9-19-16(13)17(12)20-14/h1-4,7-10H,5-6H2,(H,18,19). The number of rotatable bonds is 1. The summed E-state index contributed by atoms with van der Waals surface area (Å²) in [5.74, 6) is 0.683. The monoisotopic (exact) mass is 259 g/mol. The van der Waals surface area contributed by atoms with Crippen molar-refractivity contribution < 1.29 is 0 Å². The molecule has 96 valence electrons. The van der Waals surface area contributed by atoms with Crippen molar-refractivity contribution in [1.29, 1.82) is 0 Å². The lowest BCUT2D eigenvalue weighted by molar-refractivity contribution is 1.02. The highest BCUT2D eigenvalue weighted by atomic mass is 14.9. The second-order valence-corrected chi connectivity index (χ2v) is 5.58. The summed E-state index contributed by atoms with van der Waals surface area (Å²) in [5.41, 5.74) is 4.43. The van der Waals surface area contributed by atoms with Crippen LogP contribution in [0.3, 0.4) is 0 Å². The van der Waals surface area contributed by atoms with E-state index in [2.05, 4.69) is 40.3 Å². The summed E-state index contributed by atoms with van der Waals surface area (Å²) in [6, 6.07) is 12.7. The van der Waals surface area contributed by atoms with E-state index in [4.69, 9.17) is 4.98 Å². The smallest absolute Gasteiger partial charge is 0.100 e. The summed E-state index contributed by atoms with van der Waals surface area (Å²) < 4.78 is 0. The quantitative estimate of drug-likeness (QED) is 0.558. The first kappa shape index (κ1) is 10.4. The zero-order chi connectivity index (χ0) is 13.1. The van der Waals surface area contributed by atoms with Gasteiger partial charge in [-0.3, -0.25) is 0 Å². The SMILES string of the molecule is c1ccc2c(c1)nc1c2ccc2c(C3CC3)[nH]cnc21. The predicted molar refractivity (Wildman–Crippen MR) is 80.9 cm³/mol. The van der Waals surface area contributed by atoms with Crippen LogP contribution >= 0.6 is 0 Å². The molecule has 0 aliphatic heterocycles. The van der Waals surface area contributed by atoms with E-state index in [1.54, 1.807) is 0 Å². The first-order valence-corrected chi connectivity index (χ1v) is 7.06. The Bertz CT molecular complexity index is 964. The third-order valence-electron chi connectivity index (χ3n) is 4.27. The number of fused-ring (bicyclic) bond motifs is 5. The lowest BCUT2D eigenvalue weighted by Gasteiger charge is -2.05. The van der Waals surface area contributed by atoms with E-state index in [-0.39, 0.29) is 0 Å². The molecule has 2 heterocycles. The van der Waals surface area contributed by atoms with Crippen LogP contribution in [-0.4, -0.2) is 15.0 Å². The second-order valence-electron chi connectivity index (χ2n) is 5.58. The molecule has 5 rings (SSSR count). The number of para-hydroxylation sites is 1. The Morgan fingerprint density at radius 1 is 0.900 bits per heavy atom. The summed E-state index contributed by atoms with van der Waals surface area (Å²) in [5, 5.41) is 3.64. The molecule has 0 amide bonds.